The van der Waals surface area contributed by atoms with Crippen molar-refractivity contribution in [3.05, 3.63) is 39.0 Å². The molecule has 0 unspecified atom stereocenters. The Morgan fingerprint density at radius 2 is 1.77 bits per heavy atom. The van der Waals surface area contributed by atoms with Gasteiger partial charge in [0.2, 0.25) is 5.91 Å². The average molecular weight is 494 g/mol. The number of thiophene rings is 1. The van der Waals surface area contributed by atoms with Crippen molar-refractivity contribution in [2.45, 2.75) is 19.0 Å². The molecule has 0 spiro atoms. The highest BCUT2D eigenvalue weighted by atomic mass is 79.9. The van der Waals surface area contributed by atoms with Gasteiger partial charge in [0.15, 0.2) is 11.5 Å². The topological polar surface area (TPSA) is 62.3 Å². The Bertz CT molecular complexity index is 942. The standard InChI is InChI=1S/C21H24BrN3O4S/c1-28-17-5-3-14(11-18(17)29-2)25-20(26)12-16(21(25)27)24-9-7-23(8-10-24)13-15-4-6-19(22)30-15/h3-6,11,16H,7-10,12-13H2,1-2H3/t16-/m1/s1. The summed E-state index contributed by atoms with van der Waals surface area (Å²) in [6, 6.07) is 8.92. The molecule has 9 heteroatoms. The molecular weight excluding hydrogens is 470 g/mol. The fourth-order valence-corrected chi connectivity index (χ4v) is 5.55. The summed E-state index contributed by atoms with van der Waals surface area (Å²) in [6.07, 6.45) is 0.213. The molecule has 0 bridgehead atoms. The van der Waals surface area contributed by atoms with E-state index in [0.29, 0.717) is 17.2 Å². The van der Waals surface area contributed by atoms with E-state index in [2.05, 4.69) is 37.9 Å². The number of ether oxygens (including phenoxy) is 2. The van der Waals surface area contributed by atoms with Gasteiger partial charge in [0.05, 0.1) is 36.2 Å². The molecule has 1 atom stereocenters. The largest absolute Gasteiger partial charge is 0.493 e. The molecule has 1 aromatic carbocycles. The van der Waals surface area contributed by atoms with Crippen LogP contribution in [0.1, 0.15) is 11.3 Å². The van der Waals surface area contributed by atoms with Crippen LogP contribution < -0.4 is 14.4 Å². The van der Waals surface area contributed by atoms with Crippen LogP contribution in [0.15, 0.2) is 34.1 Å². The van der Waals surface area contributed by atoms with Gasteiger partial charge in [0.1, 0.15) is 0 Å². The van der Waals surface area contributed by atoms with Crippen LogP contribution in [-0.4, -0.2) is 68.1 Å². The van der Waals surface area contributed by atoms with Crippen LogP contribution in [0.4, 0.5) is 5.69 Å². The fraction of sp³-hybridized carbons (Fsp3) is 0.429. The van der Waals surface area contributed by atoms with E-state index in [4.69, 9.17) is 9.47 Å². The molecular formula is C21H24BrN3O4S. The minimum atomic E-state index is -0.399. The van der Waals surface area contributed by atoms with Crippen molar-refractivity contribution in [1.29, 1.82) is 0 Å². The Balaban J connectivity index is 1.41. The van der Waals surface area contributed by atoms with E-state index in [1.165, 1.54) is 16.9 Å². The van der Waals surface area contributed by atoms with Crippen LogP contribution in [0, 0.1) is 0 Å². The Morgan fingerprint density at radius 3 is 2.40 bits per heavy atom. The second-order valence-electron chi connectivity index (χ2n) is 7.34. The van der Waals surface area contributed by atoms with E-state index in [1.54, 1.807) is 36.6 Å². The zero-order valence-corrected chi connectivity index (χ0v) is 19.4. The predicted molar refractivity (Wildman–Crippen MR) is 119 cm³/mol. The van der Waals surface area contributed by atoms with Crippen LogP contribution in [0.3, 0.4) is 0 Å². The van der Waals surface area contributed by atoms with Gasteiger partial charge in [-0.3, -0.25) is 19.4 Å². The van der Waals surface area contributed by atoms with Gasteiger partial charge in [-0.1, -0.05) is 0 Å². The van der Waals surface area contributed by atoms with Crippen LogP contribution in [-0.2, 0) is 16.1 Å². The molecule has 2 aromatic rings. The molecule has 160 valence electrons. The quantitative estimate of drug-likeness (QED) is 0.576. The summed E-state index contributed by atoms with van der Waals surface area (Å²) in [4.78, 5) is 32.9. The molecule has 0 radical (unpaired) electrons. The number of hydrogen-bond acceptors (Lipinski definition) is 7. The van der Waals surface area contributed by atoms with Crippen molar-refractivity contribution in [2.75, 3.05) is 45.3 Å². The molecule has 1 aromatic heterocycles. The summed E-state index contributed by atoms with van der Waals surface area (Å²) in [5.74, 6) is 0.713. The zero-order valence-electron chi connectivity index (χ0n) is 17.0. The number of benzene rings is 1. The number of amides is 2. The van der Waals surface area contributed by atoms with E-state index in [0.717, 1.165) is 36.5 Å². The van der Waals surface area contributed by atoms with Crippen molar-refractivity contribution < 1.29 is 19.1 Å². The zero-order chi connectivity index (χ0) is 21.3. The number of nitrogens with zero attached hydrogens (tertiary/aromatic N) is 3. The van der Waals surface area contributed by atoms with Gasteiger partial charge >= 0.3 is 0 Å². The minimum absolute atomic E-state index is 0.164. The lowest BCUT2D eigenvalue weighted by molar-refractivity contribution is -0.123. The van der Waals surface area contributed by atoms with Crippen molar-refractivity contribution >= 4 is 44.8 Å². The monoisotopic (exact) mass is 493 g/mol. The highest BCUT2D eigenvalue weighted by Crippen LogP contribution is 2.34. The van der Waals surface area contributed by atoms with Gasteiger partial charge in [-0.05, 0) is 40.2 Å². The fourth-order valence-electron chi connectivity index (χ4n) is 4.03. The molecule has 30 heavy (non-hydrogen) atoms. The summed E-state index contributed by atoms with van der Waals surface area (Å²) in [7, 11) is 3.09. The maximum atomic E-state index is 13.1. The van der Waals surface area contributed by atoms with Crippen molar-refractivity contribution in [3.8, 4) is 11.5 Å². The van der Waals surface area contributed by atoms with Crippen LogP contribution in [0.25, 0.3) is 0 Å². The van der Waals surface area contributed by atoms with E-state index in [9.17, 15) is 9.59 Å². The average Bonchev–Trinajstić information content (AvgIpc) is 3.30. The molecule has 0 aliphatic carbocycles. The number of piperazine rings is 1. The Hall–Kier alpha value is -1.94. The Labute approximate surface area is 188 Å². The third-order valence-corrected chi connectivity index (χ3v) is 7.21. The number of hydrogen-bond donors (Lipinski definition) is 0. The number of methoxy groups -OCH3 is 2. The van der Waals surface area contributed by atoms with Gasteiger partial charge in [0.25, 0.3) is 5.91 Å². The number of imide groups is 1. The van der Waals surface area contributed by atoms with Crippen molar-refractivity contribution in [1.82, 2.24) is 9.80 Å². The molecule has 2 saturated heterocycles. The van der Waals surface area contributed by atoms with Crippen LogP contribution in [0.2, 0.25) is 0 Å². The lowest BCUT2D eigenvalue weighted by Crippen LogP contribution is -2.52. The second-order valence-corrected chi connectivity index (χ2v) is 9.89. The van der Waals surface area contributed by atoms with E-state index < -0.39 is 6.04 Å². The minimum Gasteiger partial charge on any atom is -0.493 e. The highest BCUT2D eigenvalue weighted by Gasteiger charge is 2.43. The first-order valence-electron chi connectivity index (χ1n) is 9.79. The summed E-state index contributed by atoms with van der Waals surface area (Å²) < 4.78 is 11.7. The van der Waals surface area contributed by atoms with Crippen molar-refractivity contribution in [3.63, 3.8) is 0 Å². The van der Waals surface area contributed by atoms with E-state index >= 15 is 0 Å². The van der Waals surface area contributed by atoms with Gasteiger partial charge in [-0.15, -0.1) is 11.3 Å². The number of rotatable bonds is 6. The number of carbonyl (C=O) groups is 2. The normalized spacial score (nSPS) is 20.8. The lowest BCUT2D eigenvalue weighted by atomic mass is 10.1. The third-order valence-electron chi connectivity index (χ3n) is 5.60. The first kappa shape index (κ1) is 21.3. The Morgan fingerprint density at radius 1 is 1.03 bits per heavy atom. The van der Waals surface area contributed by atoms with Gasteiger partial charge in [0, 0.05) is 43.7 Å². The SMILES string of the molecule is COc1ccc(N2C(=O)C[C@@H](N3CCN(Cc4ccc(Br)s4)CC3)C2=O)cc1OC. The van der Waals surface area contributed by atoms with Crippen LogP contribution >= 0.6 is 27.3 Å². The number of halogens is 1. The summed E-state index contributed by atoms with van der Waals surface area (Å²) >= 11 is 5.26. The molecule has 2 aliphatic heterocycles. The molecule has 2 aliphatic rings. The molecule has 7 nitrogen and oxygen atoms in total. The molecule has 0 N–H and O–H groups in total. The lowest BCUT2D eigenvalue weighted by Gasteiger charge is -2.36. The summed E-state index contributed by atoms with van der Waals surface area (Å²) in [6.45, 7) is 4.22. The van der Waals surface area contributed by atoms with E-state index in [1.807, 2.05) is 0 Å². The first-order valence-corrected chi connectivity index (χ1v) is 11.4. The maximum Gasteiger partial charge on any atom is 0.251 e. The maximum absolute atomic E-state index is 13.1. The van der Waals surface area contributed by atoms with E-state index in [-0.39, 0.29) is 18.2 Å². The summed E-state index contributed by atoms with van der Waals surface area (Å²) in [5.41, 5.74) is 0.520. The third kappa shape index (κ3) is 4.25. The smallest absolute Gasteiger partial charge is 0.251 e. The van der Waals surface area contributed by atoms with Crippen LogP contribution in [0.5, 0.6) is 11.5 Å². The number of anilines is 1. The molecule has 0 saturated carbocycles. The second kappa shape index (κ2) is 9.05. The highest BCUT2D eigenvalue weighted by molar-refractivity contribution is 9.11. The Kier molecular flexibility index (Phi) is 6.43. The molecule has 4 rings (SSSR count). The first-order chi connectivity index (χ1) is 14.5. The predicted octanol–water partition coefficient (Wildman–Crippen LogP) is 2.98. The number of carbonyl (C=O) groups excluding carboxylic acids is 2. The molecule has 2 amide bonds. The van der Waals surface area contributed by atoms with Gasteiger partial charge in [-0.25, -0.2) is 4.90 Å². The molecule has 2 fully saturated rings. The summed E-state index contributed by atoms with van der Waals surface area (Å²) in [5, 5.41) is 0. The van der Waals surface area contributed by atoms with Gasteiger partial charge in [-0.2, -0.15) is 0 Å². The molecule has 3 heterocycles. The van der Waals surface area contributed by atoms with Crippen molar-refractivity contribution in [2.24, 2.45) is 0 Å². The van der Waals surface area contributed by atoms with Gasteiger partial charge < -0.3 is 9.47 Å².